The van der Waals surface area contributed by atoms with E-state index < -0.39 is 17.7 Å². The van der Waals surface area contributed by atoms with Gasteiger partial charge in [0.15, 0.2) is 4.34 Å². The van der Waals surface area contributed by atoms with Gasteiger partial charge in [0.2, 0.25) is 5.13 Å². The third-order valence-electron chi connectivity index (χ3n) is 7.11. The van der Waals surface area contributed by atoms with Crippen LogP contribution in [0.15, 0.2) is 82.7 Å². The summed E-state index contributed by atoms with van der Waals surface area (Å²) in [6, 6.07) is 19.2. The van der Waals surface area contributed by atoms with E-state index in [4.69, 9.17) is 9.47 Å². The molecule has 5 rings (SSSR count). The maximum absolute atomic E-state index is 13.6. The molecule has 1 amide bonds. The van der Waals surface area contributed by atoms with E-state index in [0.29, 0.717) is 45.9 Å². The van der Waals surface area contributed by atoms with Gasteiger partial charge in [-0.3, -0.25) is 14.5 Å². The van der Waals surface area contributed by atoms with Gasteiger partial charge in [0.1, 0.15) is 23.1 Å². The number of hydrogen-bond acceptors (Lipinski definition) is 9. The van der Waals surface area contributed by atoms with Crippen molar-refractivity contribution in [2.24, 2.45) is 0 Å². The number of anilines is 1. The molecular weight excluding hydrogens is 614 g/mol. The van der Waals surface area contributed by atoms with Crippen LogP contribution in [0.1, 0.15) is 62.3 Å². The highest BCUT2D eigenvalue weighted by atomic mass is 32.2. The Bertz CT molecular complexity index is 1660. The molecule has 0 aliphatic carbocycles. The molecule has 1 aliphatic heterocycles. The van der Waals surface area contributed by atoms with Gasteiger partial charge in [-0.05, 0) is 72.5 Å². The number of nitrogens with zero attached hydrogens (tertiary/aromatic N) is 3. The molecule has 2 heterocycles. The second kappa shape index (κ2) is 15.2. The van der Waals surface area contributed by atoms with E-state index in [1.165, 1.54) is 40.1 Å². The lowest BCUT2D eigenvalue weighted by Crippen LogP contribution is -2.29. The summed E-state index contributed by atoms with van der Waals surface area (Å²) in [5.41, 5.74) is 1.81. The maximum Gasteiger partial charge on any atom is 0.301 e. The highest BCUT2D eigenvalue weighted by molar-refractivity contribution is 8.00. The number of benzene rings is 3. The number of hydrogen-bond donors (Lipinski definition) is 1. The molecule has 0 saturated carbocycles. The van der Waals surface area contributed by atoms with E-state index >= 15 is 0 Å². The third kappa shape index (κ3) is 7.72. The second-order valence-electron chi connectivity index (χ2n) is 10.4. The van der Waals surface area contributed by atoms with Crippen LogP contribution in [0.5, 0.6) is 11.5 Å². The van der Waals surface area contributed by atoms with Crippen LogP contribution in [-0.4, -0.2) is 40.2 Å². The Labute approximate surface area is 269 Å². The Morgan fingerprint density at radius 2 is 1.69 bits per heavy atom. The number of aromatic nitrogens is 2. The molecule has 0 bridgehead atoms. The zero-order valence-corrected chi connectivity index (χ0v) is 26.7. The number of aliphatic hydroxyl groups is 1. The topological polar surface area (TPSA) is 102 Å². The van der Waals surface area contributed by atoms with Gasteiger partial charge in [-0.25, -0.2) is 4.39 Å². The Kier molecular flexibility index (Phi) is 10.9. The monoisotopic (exact) mass is 647 g/mol. The first-order valence-corrected chi connectivity index (χ1v) is 16.7. The van der Waals surface area contributed by atoms with E-state index in [-0.39, 0.29) is 22.3 Å². The van der Waals surface area contributed by atoms with Crippen molar-refractivity contribution in [1.82, 2.24) is 10.2 Å². The van der Waals surface area contributed by atoms with Crippen LogP contribution in [0.3, 0.4) is 0 Å². The molecule has 1 fully saturated rings. The predicted octanol–water partition coefficient (Wildman–Crippen LogP) is 7.95. The molecule has 1 aliphatic rings. The number of rotatable bonds is 14. The van der Waals surface area contributed by atoms with Crippen LogP contribution in [0.2, 0.25) is 0 Å². The van der Waals surface area contributed by atoms with Crippen molar-refractivity contribution in [3.63, 3.8) is 0 Å². The molecule has 4 aromatic rings. The van der Waals surface area contributed by atoms with Crippen LogP contribution in [0.4, 0.5) is 9.52 Å². The number of carbonyl (C=O) groups excluding carboxylic acids is 2. The van der Waals surface area contributed by atoms with Crippen molar-refractivity contribution in [3.8, 4) is 11.5 Å². The summed E-state index contributed by atoms with van der Waals surface area (Å²) >= 11 is 2.56. The third-order valence-corrected chi connectivity index (χ3v) is 9.24. The fourth-order valence-corrected chi connectivity index (χ4v) is 6.65. The fourth-order valence-electron chi connectivity index (χ4n) is 4.83. The first kappa shape index (κ1) is 32.2. The number of thioether (sulfide) groups is 1. The van der Waals surface area contributed by atoms with Gasteiger partial charge < -0.3 is 14.6 Å². The Hall–Kier alpha value is -4.22. The molecule has 1 aromatic heterocycles. The van der Waals surface area contributed by atoms with Gasteiger partial charge in [-0.2, -0.15) is 0 Å². The quantitative estimate of drug-likeness (QED) is 0.0368. The number of halogens is 1. The maximum atomic E-state index is 13.6. The average Bonchev–Trinajstić information content (AvgIpc) is 3.63. The van der Waals surface area contributed by atoms with Gasteiger partial charge in [-0.1, -0.05) is 74.1 Å². The zero-order valence-electron chi connectivity index (χ0n) is 25.1. The summed E-state index contributed by atoms with van der Waals surface area (Å²) in [4.78, 5) is 28.6. The predicted molar refractivity (Wildman–Crippen MR) is 174 cm³/mol. The standard InChI is InChI=1S/C34H34FN3O5S2/c1-3-5-6-19-43-27-9-7-8-24(20-27)29-28(30(39)23-12-16-26(17-13-23)42-18-4-2)31(40)32(41)38(29)33-36-37-34(45-33)44-21-22-10-14-25(35)15-11-22/h7-17,20,29,39H,3-6,18-19,21H2,1-2H3. The molecule has 234 valence electrons. The van der Waals surface area contributed by atoms with Crippen molar-refractivity contribution in [1.29, 1.82) is 0 Å². The van der Waals surface area contributed by atoms with Crippen LogP contribution < -0.4 is 14.4 Å². The summed E-state index contributed by atoms with van der Waals surface area (Å²) in [5, 5.41) is 20.3. The molecule has 1 saturated heterocycles. The van der Waals surface area contributed by atoms with Gasteiger partial charge in [0, 0.05) is 11.3 Å². The Morgan fingerprint density at radius 3 is 2.42 bits per heavy atom. The molecular formula is C34H34FN3O5S2. The SMILES string of the molecule is CCCCCOc1cccc(C2C(=C(O)c3ccc(OCCC)cc3)C(=O)C(=O)N2c2nnc(SCc3ccc(F)cc3)s2)c1. The minimum absolute atomic E-state index is 0.0546. The number of amides is 1. The smallest absolute Gasteiger partial charge is 0.301 e. The summed E-state index contributed by atoms with van der Waals surface area (Å²) in [6.07, 6.45) is 3.86. The van der Waals surface area contributed by atoms with Crippen molar-refractivity contribution in [3.05, 3.63) is 101 Å². The number of carbonyl (C=O) groups is 2. The minimum Gasteiger partial charge on any atom is -0.507 e. The highest BCUT2D eigenvalue weighted by Gasteiger charge is 2.48. The fraction of sp³-hybridized carbons (Fsp3) is 0.294. The average molecular weight is 648 g/mol. The van der Waals surface area contributed by atoms with Gasteiger partial charge in [0.05, 0.1) is 24.8 Å². The Balaban J connectivity index is 1.50. The number of Topliss-reactive ketones (excluding diaryl/α,β-unsaturated/α-hetero) is 1. The van der Waals surface area contributed by atoms with Crippen molar-refractivity contribution < 1.29 is 28.6 Å². The van der Waals surface area contributed by atoms with Crippen molar-refractivity contribution >= 4 is 45.7 Å². The Morgan fingerprint density at radius 1 is 0.933 bits per heavy atom. The number of aliphatic hydroxyl groups excluding tert-OH is 1. The molecule has 0 spiro atoms. The van der Waals surface area contributed by atoms with Gasteiger partial charge in [0.25, 0.3) is 5.78 Å². The molecule has 11 heteroatoms. The molecule has 1 unspecified atom stereocenters. The number of ether oxygens (including phenoxy) is 2. The normalized spacial score (nSPS) is 15.9. The van der Waals surface area contributed by atoms with E-state index in [0.717, 1.165) is 31.2 Å². The van der Waals surface area contributed by atoms with E-state index in [1.54, 1.807) is 54.6 Å². The lowest BCUT2D eigenvalue weighted by molar-refractivity contribution is -0.132. The van der Waals surface area contributed by atoms with Crippen molar-refractivity contribution in [2.75, 3.05) is 18.1 Å². The first-order chi connectivity index (χ1) is 21.9. The molecule has 1 atom stereocenters. The first-order valence-electron chi connectivity index (χ1n) is 14.9. The van der Waals surface area contributed by atoms with Crippen molar-refractivity contribution in [2.45, 2.75) is 55.7 Å². The number of unbranched alkanes of at least 4 members (excludes halogenated alkanes) is 2. The summed E-state index contributed by atoms with van der Waals surface area (Å²) < 4.78 is 25.5. The zero-order chi connectivity index (χ0) is 31.8. The van der Waals surface area contributed by atoms with Crippen LogP contribution in [0.25, 0.3) is 5.76 Å². The van der Waals surface area contributed by atoms with E-state index in [9.17, 15) is 19.1 Å². The van der Waals surface area contributed by atoms with E-state index in [2.05, 4.69) is 17.1 Å². The van der Waals surface area contributed by atoms with Gasteiger partial charge >= 0.3 is 5.91 Å². The largest absolute Gasteiger partial charge is 0.507 e. The summed E-state index contributed by atoms with van der Waals surface area (Å²) in [7, 11) is 0. The number of ketones is 1. The van der Waals surface area contributed by atoms with Crippen LogP contribution >= 0.6 is 23.1 Å². The van der Waals surface area contributed by atoms with Crippen LogP contribution in [0, 0.1) is 5.82 Å². The second-order valence-corrected chi connectivity index (χ2v) is 12.6. The molecule has 8 nitrogen and oxygen atoms in total. The minimum atomic E-state index is -0.969. The van der Waals surface area contributed by atoms with E-state index in [1.807, 2.05) is 13.0 Å². The summed E-state index contributed by atoms with van der Waals surface area (Å²) in [5.74, 6) is -0.496. The van der Waals surface area contributed by atoms with Gasteiger partial charge in [-0.15, -0.1) is 10.2 Å². The highest BCUT2D eigenvalue weighted by Crippen LogP contribution is 2.44. The summed E-state index contributed by atoms with van der Waals surface area (Å²) in [6.45, 7) is 5.22. The molecule has 45 heavy (non-hydrogen) atoms. The van der Waals surface area contributed by atoms with Crippen LogP contribution in [-0.2, 0) is 15.3 Å². The lowest BCUT2D eigenvalue weighted by atomic mass is 9.95. The molecule has 0 radical (unpaired) electrons. The molecule has 1 N–H and O–H groups in total. The molecule has 3 aromatic carbocycles. The lowest BCUT2D eigenvalue weighted by Gasteiger charge is -2.23.